The number of aryl methyl sites for hydroxylation is 1. The van der Waals surface area contributed by atoms with Crippen LogP contribution in [0.4, 0.5) is 4.39 Å². The van der Waals surface area contributed by atoms with Gasteiger partial charge in [-0.2, -0.15) is 0 Å². The van der Waals surface area contributed by atoms with Crippen molar-refractivity contribution in [3.05, 3.63) is 56.4 Å². The van der Waals surface area contributed by atoms with Crippen molar-refractivity contribution in [2.75, 3.05) is 0 Å². The number of rotatable bonds is 5. The van der Waals surface area contributed by atoms with E-state index in [0.717, 1.165) is 22.6 Å². The first-order valence-electron chi connectivity index (χ1n) is 7.08. The van der Waals surface area contributed by atoms with Gasteiger partial charge in [0.15, 0.2) is 0 Å². The highest BCUT2D eigenvalue weighted by atomic mass is 32.1. The lowest BCUT2D eigenvalue weighted by Gasteiger charge is -2.23. The number of hydrogen-bond acceptors (Lipinski definition) is 3. The topological polar surface area (TPSA) is 51.1 Å². The third kappa shape index (κ3) is 3.82. The molecule has 1 N–H and O–H groups in total. The lowest BCUT2D eigenvalue weighted by molar-refractivity contribution is -0.122. The van der Waals surface area contributed by atoms with E-state index >= 15 is 0 Å². The number of nitrogens with one attached hydrogen (secondary N) is 1. The van der Waals surface area contributed by atoms with Gasteiger partial charge in [-0.05, 0) is 30.5 Å². The highest BCUT2D eigenvalue weighted by Crippen LogP contribution is 2.21. The smallest absolute Gasteiger partial charge is 0.307 e. The molecule has 22 heavy (non-hydrogen) atoms. The summed E-state index contributed by atoms with van der Waals surface area (Å²) in [5.41, 5.74) is 1.62. The number of carbonyl (C=O) groups excluding carboxylic acids is 1. The number of thiazole rings is 1. The summed E-state index contributed by atoms with van der Waals surface area (Å²) >= 11 is 1.08. The van der Waals surface area contributed by atoms with E-state index in [4.69, 9.17) is 0 Å². The minimum absolute atomic E-state index is 0.00141. The van der Waals surface area contributed by atoms with E-state index in [2.05, 4.69) is 5.32 Å². The third-order valence-electron chi connectivity index (χ3n) is 3.49. The molecule has 1 heterocycles. The molecule has 2 rings (SSSR count). The Kier molecular flexibility index (Phi) is 5.13. The van der Waals surface area contributed by atoms with Crippen LogP contribution in [0.2, 0.25) is 0 Å². The van der Waals surface area contributed by atoms with Gasteiger partial charge in [0.1, 0.15) is 12.4 Å². The number of aromatic nitrogens is 1. The highest BCUT2D eigenvalue weighted by Gasteiger charge is 2.19. The summed E-state index contributed by atoms with van der Waals surface area (Å²) in [5.74, 6) is -0.389. The third-order valence-corrected chi connectivity index (χ3v) is 4.37. The van der Waals surface area contributed by atoms with Gasteiger partial charge in [-0.25, -0.2) is 4.39 Å². The quantitative estimate of drug-likeness (QED) is 0.920. The normalized spacial score (nSPS) is 12.4. The van der Waals surface area contributed by atoms with E-state index in [1.807, 2.05) is 13.8 Å². The first-order chi connectivity index (χ1) is 10.4. The van der Waals surface area contributed by atoms with Crippen molar-refractivity contribution in [1.82, 2.24) is 9.88 Å². The van der Waals surface area contributed by atoms with Gasteiger partial charge >= 0.3 is 4.87 Å². The maximum atomic E-state index is 13.0. The Labute approximate surface area is 132 Å². The van der Waals surface area contributed by atoms with E-state index < -0.39 is 0 Å². The Morgan fingerprint density at radius 1 is 1.32 bits per heavy atom. The molecule has 0 fully saturated rings. The molecule has 4 nitrogen and oxygen atoms in total. The number of hydrogen-bond donors (Lipinski definition) is 1. The fourth-order valence-electron chi connectivity index (χ4n) is 2.26. The second kappa shape index (κ2) is 6.87. The van der Waals surface area contributed by atoms with Crippen LogP contribution in [0.1, 0.15) is 31.1 Å². The van der Waals surface area contributed by atoms with Crippen LogP contribution in [-0.2, 0) is 11.3 Å². The molecule has 6 heteroatoms. The molecule has 0 radical (unpaired) electrons. The maximum absolute atomic E-state index is 13.0. The van der Waals surface area contributed by atoms with E-state index in [0.29, 0.717) is 0 Å². The molecule has 118 valence electrons. The summed E-state index contributed by atoms with van der Waals surface area (Å²) in [6.07, 6.45) is 0. The summed E-state index contributed by atoms with van der Waals surface area (Å²) < 4.78 is 14.5. The summed E-state index contributed by atoms with van der Waals surface area (Å²) in [4.78, 5) is 23.7. The van der Waals surface area contributed by atoms with Crippen LogP contribution < -0.4 is 10.2 Å². The number of halogens is 1. The van der Waals surface area contributed by atoms with Crippen LogP contribution in [0.5, 0.6) is 0 Å². The Morgan fingerprint density at radius 2 is 1.95 bits per heavy atom. The Hall–Kier alpha value is -1.95. The Balaban J connectivity index is 2.13. The molecule has 0 bridgehead atoms. The van der Waals surface area contributed by atoms with Gasteiger partial charge in [0.2, 0.25) is 5.91 Å². The molecule has 1 aromatic carbocycles. The molecule has 0 spiro atoms. The molecule has 1 aromatic heterocycles. The monoisotopic (exact) mass is 322 g/mol. The van der Waals surface area contributed by atoms with E-state index in [1.54, 1.807) is 24.4 Å². The van der Waals surface area contributed by atoms with E-state index in [9.17, 15) is 14.0 Å². The molecule has 2 aromatic rings. The van der Waals surface area contributed by atoms with Crippen molar-refractivity contribution in [3.63, 3.8) is 0 Å². The van der Waals surface area contributed by atoms with Gasteiger partial charge in [0.05, 0.1) is 6.04 Å². The molecular weight excluding hydrogens is 303 g/mol. The number of nitrogens with zero attached hydrogens (tertiary/aromatic N) is 1. The Morgan fingerprint density at radius 3 is 2.45 bits per heavy atom. The van der Waals surface area contributed by atoms with Crippen molar-refractivity contribution in [1.29, 1.82) is 0 Å². The van der Waals surface area contributed by atoms with Gasteiger partial charge in [-0.3, -0.25) is 14.2 Å². The van der Waals surface area contributed by atoms with E-state index in [1.165, 1.54) is 16.7 Å². The fraction of sp³-hybridized carbons (Fsp3) is 0.375. The number of benzene rings is 1. The summed E-state index contributed by atoms with van der Waals surface area (Å²) in [5, 5.41) is 4.66. The summed E-state index contributed by atoms with van der Waals surface area (Å²) in [7, 11) is 0. The molecule has 0 saturated carbocycles. The van der Waals surface area contributed by atoms with Crippen LogP contribution in [0.25, 0.3) is 0 Å². The standard InChI is InChI=1S/C16H19FN2O2S/c1-10(2)15(12-4-6-13(17)7-5-12)18-14(20)8-19-11(3)9-22-16(19)21/h4-7,9-10,15H,8H2,1-3H3,(H,18,20). The van der Waals surface area contributed by atoms with Crippen molar-refractivity contribution < 1.29 is 9.18 Å². The van der Waals surface area contributed by atoms with Gasteiger partial charge < -0.3 is 5.32 Å². The Bertz CT molecular complexity index is 704. The van der Waals surface area contributed by atoms with Crippen LogP contribution in [-0.4, -0.2) is 10.5 Å². The predicted molar refractivity (Wildman–Crippen MR) is 85.4 cm³/mol. The number of amides is 1. The van der Waals surface area contributed by atoms with Gasteiger partial charge in [-0.15, -0.1) is 0 Å². The number of carbonyl (C=O) groups is 1. The summed E-state index contributed by atoms with van der Waals surface area (Å²) in [6, 6.07) is 5.88. The van der Waals surface area contributed by atoms with Crippen LogP contribution in [0.15, 0.2) is 34.4 Å². The van der Waals surface area contributed by atoms with Crippen molar-refractivity contribution in [2.45, 2.75) is 33.4 Å². The second-order valence-electron chi connectivity index (χ2n) is 5.57. The minimum atomic E-state index is -0.307. The molecule has 1 unspecified atom stereocenters. The van der Waals surface area contributed by atoms with Gasteiger partial charge in [0.25, 0.3) is 0 Å². The lowest BCUT2D eigenvalue weighted by atomic mass is 9.96. The second-order valence-corrected chi connectivity index (χ2v) is 6.39. The zero-order valence-electron chi connectivity index (χ0n) is 12.8. The highest BCUT2D eigenvalue weighted by molar-refractivity contribution is 7.07. The van der Waals surface area contributed by atoms with Crippen LogP contribution in [0.3, 0.4) is 0 Å². The van der Waals surface area contributed by atoms with Crippen molar-refractivity contribution >= 4 is 17.2 Å². The zero-order chi connectivity index (χ0) is 16.3. The lowest BCUT2D eigenvalue weighted by Crippen LogP contribution is -2.36. The molecule has 1 atom stereocenters. The van der Waals surface area contributed by atoms with Crippen molar-refractivity contribution in [3.8, 4) is 0 Å². The maximum Gasteiger partial charge on any atom is 0.307 e. The largest absolute Gasteiger partial charge is 0.347 e. The fourth-order valence-corrected chi connectivity index (χ4v) is 3.00. The molecule has 0 aliphatic heterocycles. The van der Waals surface area contributed by atoms with Crippen molar-refractivity contribution in [2.24, 2.45) is 5.92 Å². The van der Waals surface area contributed by atoms with Crippen LogP contribution >= 0.6 is 11.3 Å². The molecule has 0 aliphatic carbocycles. The predicted octanol–water partition coefficient (Wildman–Crippen LogP) is 2.87. The minimum Gasteiger partial charge on any atom is -0.347 e. The molecule has 0 aliphatic rings. The molecular formula is C16H19FN2O2S. The zero-order valence-corrected chi connectivity index (χ0v) is 13.6. The summed E-state index contributed by atoms with van der Waals surface area (Å²) in [6.45, 7) is 5.76. The first kappa shape index (κ1) is 16.4. The average molecular weight is 322 g/mol. The molecule has 0 saturated heterocycles. The molecule has 1 amide bonds. The SMILES string of the molecule is Cc1csc(=O)n1CC(=O)NC(c1ccc(F)cc1)C(C)C. The van der Waals surface area contributed by atoms with E-state index in [-0.39, 0.29) is 35.1 Å². The van der Waals surface area contributed by atoms with Gasteiger partial charge in [-0.1, -0.05) is 37.3 Å². The van der Waals surface area contributed by atoms with Gasteiger partial charge in [0, 0.05) is 11.1 Å². The van der Waals surface area contributed by atoms with Crippen LogP contribution in [0, 0.1) is 18.7 Å². The average Bonchev–Trinajstić information content (AvgIpc) is 2.77. The first-order valence-corrected chi connectivity index (χ1v) is 7.96.